The number of hydrogen-bond acceptors (Lipinski definition) is 5. The molecular formula is C19H23N3O4S. The molecule has 0 bridgehead atoms. The summed E-state index contributed by atoms with van der Waals surface area (Å²) < 4.78 is 33.1. The van der Waals surface area contributed by atoms with E-state index < -0.39 is 10.0 Å². The number of sulfonamides is 1. The second-order valence-electron chi connectivity index (χ2n) is 6.52. The van der Waals surface area contributed by atoms with Gasteiger partial charge >= 0.3 is 0 Å². The molecule has 1 saturated heterocycles. The van der Waals surface area contributed by atoms with Gasteiger partial charge in [0.2, 0.25) is 15.9 Å². The van der Waals surface area contributed by atoms with Crippen LogP contribution in [0.1, 0.15) is 29.9 Å². The highest BCUT2D eigenvalue weighted by atomic mass is 32.2. The molecule has 0 spiro atoms. The largest absolute Gasteiger partial charge is 0.359 e. The molecule has 27 heavy (non-hydrogen) atoms. The van der Waals surface area contributed by atoms with Gasteiger partial charge in [0.05, 0.1) is 5.92 Å². The Morgan fingerprint density at radius 3 is 2.74 bits per heavy atom. The summed E-state index contributed by atoms with van der Waals surface area (Å²) in [6.07, 6.45) is 4.71. The maximum absolute atomic E-state index is 13.2. The highest BCUT2D eigenvalue weighted by Crippen LogP contribution is 2.29. The first-order valence-corrected chi connectivity index (χ1v) is 10.3. The van der Waals surface area contributed by atoms with Gasteiger partial charge in [0, 0.05) is 20.1 Å². The van der Waals surface area contributed by atoms with Crippen LogP contribution < -0.4 is 5.32 Å². The predicted octanol–water partition coefficient (Wildman–Crippen LogP) is 2.30. The van der Waals surface area contributed by atoms with E-state index in [-0.39, 0.29) is 29.0 Å². The maximum atomic E-state index is 13.2. The predicted molar refractivity (Wildman–Crippen MR) is 102 cm³/mol. The van der Waals surface area contributed by atoms with Crippen molar-refractivity contribution in [1.29, 1.82) is 0 Å². The average Bonchev–Trinajstić information content (AvgIpc) is 3.08. The Kier molecular flexibility index (Phi) is 5.76. The van der Waals surface area contributed by atoms with Crippen LogP contribution in [0.5, 0.6) is 0 Å². The number of benzene rings is 1. The van der Waals surface area contributed by atoms with Crippen molar-refractivity contribution in [2.45, 2.75) is 24.7 Å². The van der Waals surface area contributed by atoms with Crippen molar-refractivity contribution in [2.75, 3.05) is 20.1 Å². The van der Waals surface area contributed by atoms with Gasteiger partial charge in [0.25, 0.3) is 0 Å². The fourth-order valence-corrected chi connectivity index (χ4v) is 5.02. The molecule has 1 unspecified atom stereocenters. The number of nitrogens with one attached hydrogen (secondary N) is 1. The number of nitrogens with zero attached hydrogens (tertiary/aromatic N) is 2. The molecule has 1 aromatic carbocycles. The minimum Gasteiger partial charge on any atom is -0.359 e. The molecule has 1 aliphatic heterocycles. The quantitative estimate of drug-likeness (QED) is 0.847. The molecule has 3 rings (SSSR count). The van der Waals surface area contributed by atoms with Crippen LogP contribution >= 0.6 is 0 Å². The third-order valence-electron chi connectivity index (χ3n) is 4.66. The molecular weight excluding hydrogens is 366 g/mol. The summed E-state index contributed by atoms with van der Waals surface area (Å²) in [5, 5.41) is 6.45. The molecule has 2 aromatic rings. The first-order valence-electron chi connectivity index (χ1n) is 8.84. The van der Waals surface area contributed by atoms with Crippen LogP contribution in [-0.4, -0.2) is 43.9 Å². The minimum absolute atomic E-state index is 0.0623. The molecule has 1 fully saturated rings. The Labute approximate surface area is 159 Å². The van der Waals surface area contributed by atoms with Crippen LogP contribution in [0.4, 0.5) is 0 Å². The van der Waals surface area contributed by atoms with E-state index in [0.29, 0.717) is 25.1 Å². The van der Waals surface area contributed by atoms with Gasteiger partial charge in [-0.2, -0.15) is 4.31 Å². The van der Waals surface area contributed by atoms with Crippen molar-refractivity contribution < 1.29 is 17.7 Å². The summed E-state index contributed by atoms with van der Waals surface area (Å²) in [6.45, 7) is 2.15. The van der Waals surface area contributed by atoms with Gasteiger partial charge in [0.1, 0.15) is 5.69 Å². The second-order valence-corrected chi connectivity index (χ2v) is 8.40. The SMILES string of the molecule is CNC(=O)C1CCCN(S(=O)(=O)c2c(C)noc2C=Cc2ccccc2)C1. The number of aryl methyl sites for hydroxylation is 1. The normalized spacial score (nSPS) is 18.7. The summed E-state index contributed by atoms with van der Waals surface area (Å²) in [5.74, 6) is -0.290. The van der Waals surface area contributed by atoms with Crippen LogP contribution in [0.25, 0.3) is 12.2 Å². The number of amides is 1. The number of hydrogen-bond donors (Lipinski definition) is 1. The molecule has 0 saturated carbocycles. The van der Waals surface area contributed by atoms with Crippen molar-refractivity contribution in [2.24, 2.45) is 5.92 Å². The summed E-state index contributed by atoms with van der Waals surface area (Å²) in [5.41, 5.74) is 1.23. The molecule has 1 aromatic heterocycles. The lowest BCUT2D eigenvalue weighted by atomic mass is 9.99. The smallest absolute Gasteiger partial charge is 0.248 e. The molecule has 1 aliphatic rings. The van der Waals surface area contributed by atoms with E-state index in [1.807, 2.05) is 30.3 Å². The molecule has 2 heterocycles. The van der Waals surface area contributed by atoms with E-state index in [9.17, 15) is 13.2 Å². The number of aromatic nitrogens is 1. The zero-order valence-electron chi connectivity index (χ0n) is 15.4. The van der Waals surface area contributed by atoms with E-state index in [0.717, 1.165) is 5.56 Å². The fraction of sp³-hybridized carbons (Fsp3) is 0.368. The minimum atomic E-state index is -3.81. The van der Waals surface area contributed by atoms with E-state index in [1.165, 1.54) is 4.31 Å². The first kappa shape index (κ1) is 19.3. The number of carbonyl (C=O) groups is 1. The first-order chi connectivity index (χ1) is 12.9. The molecule has 0 aliphatic carbocycles. The summed E-state index contributed by atoms with van der Waals surface area (Å²) in [6, 6.07) is 9.52. The molecule has 7 nitrogen and oxygen atoms in total. The Hall–Kier alpha value is -2.45. The lowest BCUT2D eigenvalue weighted by Crippen LogP contribution is -2.44. The highest BCUT2D eigenvalue weighted by Gasteiger charge is 2.36. The topological polar surface area (TPSA) is 92.5 Å². The van der Waals surface area contributed by atoms with E-state index in [1.54, 1.807) is 26.1 Å². The Bertz CT molecular complexity index is 935. The lowest BCUT2D eigenvalue weighted by molar-refractivity contribution is -0.125. The zero-order chi connectivity index (χ0) is 19.4. The average molecular weight is 389 g/mol. The van der Waals surface area contributed by atoms with E-state index >= 15 is 0 Å². The molecule has 1 N–H and O–H groups in total. The van der Waals surface area contributed by atoms with Crippen molar-refractivity contribution in [1.82, 2.24) is 14.8 Å². The zero-order valence-corrected chi connectivity index (χ0v) is 16.2. The fourth-order valence-electron chi connectivity index (χ4n) is 3.24. The van der Waals surface area contributed by atoms with Crippen LogP contribution in [0.15, 0.2) is 39.8 Å². The van der Waals surface area contributed by atoms with Crippen molar-refractivity contribution >= 4 is 28.1 Å². The summed E-state index contributed by atoms with van der Waals surface area (Å²) in [7, 11) is -2.25. The highest BCUT2D eigenvalue weighted by molar-refractivity contribution is 7.89. The Balaban J connectivity index is 1.90. The van der Waals surface area contributed by atoms with Gasteiger partial charge in [-0.15, -0.1) is 0 Å². The lowest BCUT2D eigenvalue weighted by Gasteiger charge is -2.30. The van der Waals surface area contributed by atoms with E-state index in [4.69, 9.17) is 4.52 Å². The van der Waals surface area contributed by atoms with E-state index in [2.05, 4.69) is 10.5 Å². The molecule has 1 amide bonds. The number of piperidine rings is 1. The van der Waals surface area contributed by atoms with Gasteiger partial charge in [-0.1, -0.05) is 41.6 Å². The van der Waals surface area contributed by atoms with Gasteiger partial charge in [-0.05, 0) is 31.4 Å². The third kappa shape index (κ3) is 4.12. The number of rotatable bonds is 5. The standard InChI is InChI=1S/C19H23N3O4S/c1-14-18(17(26-21-14)11-10-15-7-4-3-5-8-15)27(24,25)22-12-6-9-16(13-22)19(23)20-2/h3-5,7-8,10-11,16H,6,9,12-13H2,1-2H3,(H,20,23). The Morgan fingerprint density at radius 1 is 1.30 bits per heavy atom. The molecule has 1 atom stereocenters. The second kappa shape index (κ2) is 8.06. The van der Waals surface area contributed by atoms with Crippen LogP contribution in [0.2, 0.25) is 0 Å². The van der Waals surface area contributed by atoms with Gasteiger partial charge < -0.3 is 9.84 Å². The van der Waals surface area contributed by atoms with Crippen LogP contribution in [-0.2, 0) is 14.8 Å². The summed E-state index contributed by atoms with van der Waals surface area (Å²) >= 11 is 0. The van der Waals surface area contributed by atoms with Gasteiger partial charge in [-0.3, -0.25) is 4.79 Å². The summed E-state index contributed by atoms with van der Waals surface area (Å²) in [4.78, 5) is 12.0. The molecule has 144 valence electrons. The monoisotopic (exact) mass is 389 g/mol. The Morgan fingerprint density at radius 2 is 2.04 bits per heavy atom. The van der Waals surface area contributed by atoms with Crippen molar-refractivity contribution in [3.63, 3.8) is 0 Å². The molecule has 8 heteroatoms. The van der Waals surface area contributed by atoms with Crippen molar-refractivity contribution in [3.05, 3.63) is 47.3 Å². The van der Waals surface area contributed by atoms with Gasteiger partial charge in [-0.25, -0.2) is 8.42 Å². The van der Waals surface area contributed by atoms with Crippen LogP contribution in [0.3, 0.4) is 0 Å². The number of carbonyl (C=O) groups excluding carboxylic acids is 1. The third-order valence-corrected chi connectivity index (χ3v) is 6.68. The van der Waals surface area contributed by atoms with Crippen LogP contribution in [0, 0.1) is 12.8 Å². The van der Waals surface area contributed by atoms with Crippen molar-refractivity contribution in [3.8, 4) is 0 Å². The molecule has 0 radical (unpaired) electrons. The maximum Gasteiger partial charge on any atom is 0.248 e. The van der Waals surface area contributed by atoms with Gasteiger partial charge in [0.15, 0.2) is 10.7 Å².